The first kappa shape index (κ1) is 17.1. The molecular formula is C19H23N3O3. The average molecular weight is 341 g/mol. The van der Waals surface area contributed by atoms with Crippen molar-refractivity contribution < 1.29 is 14.3 Å². The molecule has 1 amide bonds. The van der Waals surface area contributed by atoms with E-state index in [1.54, 1.807) is 30.9 Å². The Morgan fingerprint density at radius 3 is 2.68 bits per heavy atom. The number of unbranched alkanes of at least 4 members (excludes halogenated alkanes) is 1. The molecule has 1 aliphatic rings. The van der Waals surface area contributed by atoms with Crippen LogP contribution in [-0.2, 0) is 4.79 Å². The number of carbonyl (C=O) groups is 1. The molecule has 0 aliphatic carbocycles. The lowest BCUT2D eigenvalue weighted by molar-refractivity contribution is -0.132. The Morgan fingerprint density at radius 1 is 1.16 bits per heavy atom. The molecule has 2 N–H and O–H groups in total. The van der Waals surface area contributed by atoms with Gasteiger partial charge < -0.3 is 15.2 Å². The number of hydrogen-bond donors (Lipinski definition) is 1. The summed E-state index contributed by atoms with van der Waals surface area (Å²) < 4.78 is 11.5. The van der Waals surface area contributed by atoms with Gasteiger partial charge in [0.15, 0.2) is 17.2 Å². The van der Waals surface area contributed by atoms with Gasteiger partial charge in [-0.3, -0.25) is 9.69 Å². The first-order valence-electron chi connectivity index (χ1n) is 8.43. The molecule has 6 nitrogen and oxygen atoms in total. The second-order valence-electron chi connectivity index (χ2n) is 6.50. The summed E-state index contributed by atoms with van der Waals surface area (Å²) in [6.45, 7) is 4.68. The Balaban J connectivity index is 1.61. The van der Waals surface area contributed by atoms with E-state index in [9.17, 15) is 4.79 Å². The number of benzene rings is 1. The van der Waals surface area contributed by atoms with Gasteiger partial charge in [-0.1, -0.05) is 18.2 Å². The number of rotatable bonds is 6. The average Bonchev–Trinajstić information content (AvgIpc) is 2.59. The van der Waals surface area contributed by atoms with Crippen molar-refractivity contribution >= 4 is 17.5 Å². The predicted octanol–water partition coefficient (Wildman–Crippen LogP) is 3.03. The lowest BCUT2D eigenvalue weighted by Gasteiger charge is -2.37. The van der Waals surface area contributed by atoms with Crippen LogP contribution in [0.2, 0.25) is 0 Å². The molecule has 1 aliphatic heterocycles. The number of fused-ring (bicyclic) bond motifs is 1. The fourth-order valence-electron chi connectivity index (χ4n) is 2.75. The van der Waals surface area contributed by atoms with E-state index < -0.39 is 5.60 Å². The zero-order valence-corrected chi connectivity index (χ0v) is 14.6. The number of carbonyl (C=O) groups excluding carboxylic acids is 1. The van der Waals surface area contributed by atoms with Crippen molar-refractivity contribution in [3.05, 3.63) is 42.5 Å². The highest BCUT2D eigenvalue weighted by Crippen LogP contribution is 2.36. The van der Waals surface area contributed by atoms with Crippen LogP contribution in [0.5, 0.6) is 11.5 Å². The highest BCUT2D eigenvalue weighted by Gasteiger charge is 2.41. The van der Waals surface area contributed by atoms with Gasteiger partial charge in [-0.15, -0.1) is 0 Å². The van der Waals surface area contributed by atoms with Crippen LogP contribution in [-0.4, -0.2) is 29.6 Å². The summed E-state index contributed by atoms with van der Waals surface area (Å²) in [5, 5.41) is 0. The van der Waals surface area contributed by atoms with Gasteiger partial charge in [-0.05, 0) is 51.0 Å². The second-order valence-corrected chi connectivity index (χ2v) is 6.50. The van der Waals surface area contributed by atoms with E-state index in [1.807, 2.05) is 30.3 Å². The number of nitrogens with two attached hydrogens (primary N) is 1. The van der Waals surface area contributed by atoms with Crippen molar-refractivity contribution in [3.8, 4) is 11.5 Å². The predicted molar refractivity (Wildman–Crippen MR) is 96.9 cm³/mol. The molecule has 0 atom stereocenters. The number of anilines is 2. The van der Waals surface area contributed by atoms with Crippen LogP contribution in [0.1, 0.15) is 26.7 Å². The molecule has 1 aromatic carbocycles. The quantitative estimate of drug-likeness (QED) is 0.817. The molecule has 0 saturated carbocycles. The summed E-state index contributed by atoms with van der Waals surface area (Å²) in [6.07, 6.45) is 1.63. The van der Waals surface area contributed by atoms with Crippen molar-refractivity contribution in [2.45, 2.75) is 32.3 Å². The number of aromatic nitrogens is 1. The fraction of sp³-hybridized carbons (Fsp3) is 0.368. The maximum absolute atomic E-state index is 12.7. The number of nitrogens with zero attached hydrogens (tertiary/aromatic N) is 2. The van der Waals surface area contributed by atoms with E-state index in [2.05, 4.69) is 4.98 Å². The van der Waals surface area contributed by atoms with E-state index >= 15 is 0 Å². The third-order valence-electron chi connectivity index (χ3n) is 4.03. The van der Waals surface area contributed by atoms with Gasteiger partial charge in [0.05, 0.1) is 6.61 Å². The van der Waals surface area contributed by atoms with Crippen LogP contribution >= 0.6 is 0 Å². The summed E-state index contributed by atoms with van der Waals surface area (Å²) in [5.74, 6) is 2.19. The summed E-state index contributed by atoms with van der Waals surface area (Å²) in [5.41, 5.74) is 4.86. The van der Waals surface area contributed by atoms with Gasteiger partial charge in [0.25, 0.3) is 5.91 Å². The lowest BCUT2D eigenvalue weighted by Crippen LogP contribution is -2.53. The van der Waals surface area contributed by atoms with Crippen molar-refractivity contribution in [1.82, 2.24) is 4.98 Å². The maximum Gasteiger partial charge on any atom is 0.271 e. The Bertz CT molecular complexity index is 747. The minimum Gasteiger partial charge on any atom is -0.494 e. The third kappa shape index (κ3) is 3.84. The van der Waals surface area contributed by atoms with Crippen LogP contribution in [0.3, 0.4) is 0 Å². The summed E-state index contributed by atoms with van der Waals surface area (Å²) in [7, 11) is 0. The number of hydrogen-bond acceptors (Lipinski definition) is 5. The van der Waals surface area contributed by atoms with Gasteiger partial charge in [-0.25, -0.2) is 4.98 Å². The van der Waals surface area contributed by atoms with Crippen LogP contribution < -0.4 is 20.1 Å². The first-order valence-corrected chi connectivity index (χ1v) is 8.43. The molecule has 6 heteroatoms. The fourth-order valence-corrected chi connectivity index (χ4v) is 2.75. The molecule has 2 aromatic rings. The number of para-hydroxylation sites is 1. The molecule has 3 rings (SSSR count). The van der Waals surface area contributed by atoms with E-state index in [4.69, 9.17) is 15.2 Å². The normalized spacial score (nSPS) is 15.4. The second kappa shape index (κ2) is 7.01. The van der Waals surface area contributed by atoms with Gasteiger partial charge in [0.1, 0.15) is 11.6 Å². The molecule has 0 unspecified atom stereocenters. The molecule has 0 saturated heterocycles. The molecule has 0 radical (unpaired) electrons. The SMILES string of the molecule is CC1(C)Oc2ccc(N)nc2N(CCCCOc2ccccc2)C1=O. The molecule has 0 fully saturated rings. The van der Waals surface area contributed by atoms with Crippen LogP contribution in [0.4, 0.5) is 11.6 Å². The third-order valence-corrected chi connectivity index (χ3v) is 4.03. The Morgan fingerprint density at radius 2 is 1.92 bits per heavy atom. The highest BCUT2D eigenvalue weighted by molar-refractivity contribution is 6.01. The number of pyridine rings is 1. The van der Waals surface area contributed by atoms with Crippen molar-refractivity contribution in [1.29, 1.82) is 0 Å². The lowest BCUT2D eigenvalue weighted by atomic mass is 10.0. The van der Waals surface area contributed by atoms with Crippen molar-refractivity contribution in [3.63, 3.8) is 0 Å². The smallest absolute Gasteiger partial charge is 0.271 e. The summed E-state index contributed by atoms with van der Waals surface area (Å²) in [6, 6.07) is 13.1. The van der Waals surface area contributed by atoms with Crippen LogP contribution in [0.25, 0.3) is 0 Å². The van der Waals surface area contributed by atoms with Gasteiger partial charge in [0, 0.05) is 6.54 Å². The Hall–Kier alpha value is -2.76. The summed E-state index contributed by atoms with van der Waals surface area (Å²) >= 11 is 0. The van der Waals surface area contributed by atoms with E-state index in [1.165, 1.54) is 0 Å². The molecule has 0 bridgehead atoms. The topological polar surface area (TPSA) is 77.7 Å². The minimum absolute atomic E-state index is 0.109. The summed E-state index contributed by atoms with van der Waals surface area (Å²) in [4.78, 5) is 18.6. The monoisotopic (exact) mass is 341 g/mol. The van der Waals surface area contributed by atoms with Crippen molar-refractivity contribution in [2.75, 3.05) is 23.8 Å². The van der Waals surface area contributed by atoms with E-state index in [0.29, 0.717) is 30.5 Å². The molecule has 132 valence electrons. The first-order chi connectivity index (χ1) is 12.0. The largest absolute Gasteiger partial charge is 0.494 e. The number of ether oxygens (including phenoxy) is 2. The maximum atomic E-state index is 12.7. The van der Waals surface area contributed by atoms with Crippen molar-refractivity contribution in [2.24, 2.45) is 0 Å². The van der Waals surface area contributed by atoms with Crippen LogP contribution in [0.15, 0.2) is 42.5 Å². The highest BCUT2D eigenvalue weighted by atomic mass is 16.5. The zero-order chi connectivity index (χ0) is 17.9. The van der Waals surface area contributed by atoms with Gasteiger partial charge in [0.2, 0.25) is 0 Å². The van der Waals surface area contributed by atoms with Gasteiger partial charge >= 0.3 is 0 Å². The molecule has 2 heterocycles. The standard InChI is InChI=1S/C19H23N3O3/c1-19(2)18(23)22(17-15(25-19)10-11-16(20)21-17)12-6-7-13-24-14-8-4-3-5-9-14/h3-5,8-11H,6-7,12-13H2,1-2H3,(H2,20,21). The van der Waals surface area contributed by atoms with E-state index in [0.717, 1.165) is 18.6 Å². The molecule has 1 aromatic heterocycles. The Labute approximate surface area is 147 Å². The van der Waals surface area contributed by atoms with Gasteiger partial charge in [-0.2, -0.15) is 0 Å². The minimum atomic E-state index is -0.911. The molecule has 25 heavy (non-hydrogen) atoms. The molecule has 0 spiro atoms. The van der Waals surface area contributed by atoms with Crippen LogP contribution in [0, 0.1) is 0 Å². The zero-order valence-electron chi connectivity index (χ0n) is 14.6. The van der Waals surface area contributed by atoms with E-state index in [-0.39, 0.29) is 5.91 Å². The number of nitrogen functional groups attached to an aromatic ring is 1. The number of amides is 1. The Kier molecular flexibility index (Phi) is 4.79. The molecular weight excluding hydrogens is 318 g/mol.